The second kappa shape index (κ2) is 13.4. The molecule has 3 rings (SSSR count). The van der Waals surface area contributed by atoms with Gasteiger partial charge in [0.2, 0.25) is 0 Å². The van der Waals surface area contributed by atoms with Gasteiger partial charge in [-0.15, -0.1) is 0 Å². The minimum Gasteiger partial charge on any atom is -0.497 e. The first-order valence-corrected chi connectivity index (χ1v) is 11.7. The molecule has 2 N–H and O–H groups in total. The normalized spacial score (nSPS) is 18.2. The number of methoxy groups -OCH3 is 1. The minimum absolute atomic E-state index is 0.310. The van der Waals surface area contributed by atoms with Gasteiger partial charge < -0.3 is 29.6 Å². The molecular weight excluding hydrogens is 394 g/mol. The topological polar surface area (TPSA) is 73.3 Å². The number of nitrogens with one attached hydrogen (secondary N) is 2. The van der Waals surface area contributed by atoms with Gasteiger partial charge >= 0.3 is 0 Å². The zero-order valence-electron chi connectivity index (χ0n) is 19.2. The number of rotatable bonds is 11. The van der Waals surface area contributed by atoms with Crippen molar-refractivity contribution in [3.8, 4) is 11.5 Å². The van der Waals surface area contributed by atoms with Gasteiger partial charge in [0.15, 0.2) is 5.96 Å². The molecule has 1 aliphatic heterocycles. The average molecular weight is 434 g/mol. The molecule has 0 atom stereocenters. The van der Waals surface area contributed by atoms with Gasteiger partial charge in [-0.25, -0.2) is 0 Å². The summed E-state index contributed by atoms with van der Waals surface area (Å²) in [6.07, 6.45) is 8.24. The van der Waals surface area contributed by atoms with Gasteiger partial charge in [0, 0.05) is 58.2 Å². The van der Waals surface area contributed by atoms with Crippen molar-refractivity contribution >= 4 is 5.96 Å². The van der Waals surface area contributed by atoms with Gasteiger partial charge in [-0.3, -0.25) is 4.99 Å². The van der Waals surface area contributed by atoms with Crippen molar-refractivity contribution in [2.24, 2.45) is 10.9 Å². The zero-order chi connectivity index (χ0) is 21.7. The van der Waals surface area contributed by atoms with Crippen LogP contribution in [0.15, 0.2) is 23.2 Å². The maximum atomic E-state index is 6.29. The third kappa shape index (κ3) is 8.22. The fraction of sp³-hybridized carbons (Fsp3) is 0.708. The van der Waals surface area contributed by atoms with E-state index in [0.717, 1.165) is 88.1 Å². The molecule has 0 radical (unpaired) electrons. The molecule has 1 aliphatic carbocycles. The SMILES string of the molecule is CN=C(NCCCOCC1CCOCC1)NCc1ccc(OC)cc1OC1CCCC1. The highest BCUT2D eigenvalue weighted by Crippen LogP contribution is 2.30. The molecule has 7 nitrogen and oxygen atoms in total. The van der Waals surface area contributed by atoms with E-state index >= 15 is 0 Å². The molecule has 1 saturated heterocycles. The van der Waals surface area contributed by atoms with Crippen LogP contribution in [0.2, 0.25) is 0 Å². The van der Waals surface area contributed by atoms with Gasteiger partial charge in [0.05, 0.1) is 13.2 Å². The highest BCUT2D eigenvalue weighted by atomic mass is 16.5. The lowest BCUT2D eigenvalue weighted by Crippen LogP contribution is -2.37. The lowest BCUT2D eigenvalue weighted by Gasteiger charge is -2.21. The monoisotopic (exact) mass is 433 g/mol. The molecule has 1 saturated carbocycles. The van der Waals surface area contributed by atoms with Gasteiger partial charge in [0.1, 0.15) is 11.5 Å². The van der Waals surface area contributed by atoms with Gasteiger partial charge in [0.25, 0.3) is 0 Å². The Kier molecular flexibility index (Phi) is 10.3. The zero-order valence-corrected chi connectivity index (χ0v) is 19.2. The highest BCUT2D eigenvalue weighted by Gasteiger charge is 2.18. The maximum Gasteiger partial charge on any atom is 0.191 e. The summed E-state index contributed by atoms with van der Waals surface area (Å²) in [6, 6.07) is 6.03. The fourth-order valence-corrected chi connectivity index (χ4v) is 4.05. The molecule has 0 spiro atoms. The number of hydrogen-bond donors (Lipinski definition) is 2. The molecule has 0 aromatic heterocycles. The van der Waals surface area contributed by atoms with Gasteiger partial charge in [-0.2, -0.15) is 0 Å². The second-order valence-electron chi connectivity index (χ2n) is 8.33. The summed E-state index contributed by atoms with van der Waals surface area (Å²) in [4.78, 5) is 4.34. The van der Waals surface area contributed by atoms with Crippen LogP contribution >= 0.6 is 0 Å². The Morgan fingerprint density at radius 2 is 1.94 bits per heavy atom. The quantitative estimate of drug-likeness (QED) is 0.316. The Morgan fingerprint density at radius 3 is 2.68 bits per heavy atom. The second-order valence-corrected chi connectivity index (χ2v) is 8.33. The predicted octanol–water partition coefficient (Wildman–Crippen LogP) is 3.51. The van der Waals surface area contributed by atoms with Crippen molar-refractivity contribution in [2.75, 3.05) is 47.1 Å². The van der Waals surface area contributed by atoms with Crippen molar-refractivity contribution in [3.63, 3.8) is 0 Å². The third-order valence-corrected chi connectivity index (χ3v) is 5.99. The predicted molar refractivity (Wildman–Crippen MR) is 123 cm³/mol. The van der Waals surface area contributed by atoms with Crippen LogP contribution in [0.25, 0.3) is 0 Å². The average Bonchev–Trinajstić information content (AvgIpc) is 3.32. The molecule has 2 aliphatic rings. The Labute approximate surface area is 186 Å². The van der Waals surface area contributed by atoms with E-state index in [1.165, 1.54) is 12.8 Å². The number of benzene rings is 1. The van der Waals surface area contributed by atoms with E-state index in [0.29, 0.717) is 18.6 Å². The van der Waals surface area contributed by atoms with E-state index in [1.807, 2.05) is 12.1 Å². The number of aliphatic imine (C=N–C) groups is 1. The molecule has 1 heterocycles. The van der Waals surface area contributed by atoms with E-state index in [4.69, 9.17) is 18.9 Å². The smallest absolute Gasteiger partial charge is 0.191 e. The molecular formula is C24H39N3O4. The van der Waals surface area contributed by atoms with Crippen LogP contribution in [0, 0.1) is 5.92 Å². The molecule has 1 aromatic rings. The first-order chi connectivity index (χ1) is 15.3. The molecule has 2 fully saturated rings. The molecule has 1 aromatic carbocycles. The first-order valence-electron chi connectivity index (χ1n) is 11.7. The summed E-state index contributed by atoms with van der Waals surface area (Å²) >= 11 is 0. The highest BCUT2D eigenvalue weighted by molar-refractivity contribution is 5.79. The lowest BCUT2D eigenvalue weighted by atomic mass is 10.0. The van der Waals surface area contributed by atoms with Crippen LogP contribution in [0.3, 0.4) is 0 Å². The van der Waals surface area contributed by atoms with Crippen molar-refractivity contribution in [3.05, 3.63) is 23.8 Å². The molecule has 7 heteroatoms. The van der Waals surface area contributed by atoms with Gasteiger partial charge in [-0.05, 0) is 63.0 Å². The van der Waals surface area contributed by atoms with E-state index in [2.05, 4.69) is 21.7 Å². The first kappa shape index (κ1) is 23.7. The Hall–Kier alpha value is -1.99. The molecule has 31 heavy (non-hydrogen) atoms. The summed E-state index contributed by atoms with van der Waals surface area (Å²) in [5.41, 5.74) is 1.11. The standard InChI is InChI=1S/C24H39N3O4/c1-25-24(26-12-5-13-30-18-19-10-14-29-15-11-19)27-17-20-8-9-22(28-2)16-23(20)31-21-6-3-4-7-21/h8-9,16,19,21H,3-7,10-15,17-18H2,1-2H3,(H2,25,26,27). The van der Waals surface area contributed by atoms with E-state index in [-0.39, 0.29) is 0 Å². The van der Waals surface area contributed by atoms with E-state index < -0.39 is 0 Å². The van der Waals surface area contributed by atoms with Crippen LogP contribution in [-0.2, 0) is 16.0 Å². The molecule has 0 unspecified atom stereocenters. The van der Waals surface area contributed by atoms with Gasteiger partial charge in [-0.1, -0.05) is 0 Å². The van der Waals surface area contributed by atoms with Crippen molar-refractivity contribution in [1.82, 2.24) is 10.6 Å². The molecule has 0 amide bonds. The van der Waals surface area contributed by atoms with Crippen LogP contribution in [0.1, 0.15) is 50.5 Å². The Balaban J connectivity index is 1.38. The van der Waals surface area contributed by atoms with Crippen molar-refractivity contribution < 1.29 is 18.9 Å². The third-order valence-electron chi connectivity index (χ3n) is 5.99. The van der Waals surface area contributed by atoms with Crippen LogP contribution in [0.4, 0.5) is 0 Å². The van der Waals surface area contributed by atoms with Crippen LogP contribution < -0.4 is 20.1 Å². The van der Waals surface area contributed by atoms with E-state index in [9.17, 15) is 0 Å². The number of guanidine groups is 1. The summed E-state index contributed by atoms with van der Waals surface area (Å²) < 4.78 is 22.9. The van der Waals surface area contributed by atoms with E-state index in [1.54, 1.807) is 14.2 Å². The summed E-state index contributed by atoms with van der Waals surface area (Å²) in [5, 5.41) is 6.76. The maximum absolute atomic E-state index is 6.29. The molecule has 174 valence electrons. The number of ether oxygens (including phenoxy) is 4. The number of nitrogens with zero attached hydrogens (tertiary/aromatic N) is 1. The fourth-order valence-electron chi connectivity index (χ4n) is 4.05. The van der Waals surface area contributed by atoms with Crippen molar-refractivity contribution in [1.29, 1.82) is 0 Å². The van der Waals surface area contributed by atoms with Crippen LogP contribution in [-0.4, -0.2) is 59.2 Å². The van der Waals surface area contributed by atoms with Crippen molar-refractivity contribution in [2.45, 2.75) is 57.6 Å². The largest absolute Gasteiger partial charge is 0.497 e. The minimum atomic E-state index is 0.310. The lowest BCUT2D eigenvalue weighted by molar-refractivity contribution is 0.0203. The summed E-state index contributed by atoms with van der Waals surface area (Å²) in [6.45, 7) is 4.82. The van der Waals surface area contributed by atoms with Crippen LogP contribution in [0.5, 0.6) is 11.5 Å². The molecule has 0 bridgehead atoms. The summed E-state index contributed by atoms with van der Waals surface area (Å²) in [5.74, 6) is 3.16. The Bertz CT molecular complexity index is 671. The summed E-state index contributed by atoms with van der Waals surface area (Å²) in [7, 11) is 3.48. The Morgan fingerprint density at radius 1 is 1.13 bits per heavy atom. The number of hydrogen-bond acceptors (Lipinski definition) is 5.